The molecule has 1 unspecified atom stereocenters. The predicted molar refractivity (Wildman–Crippen MR) is 172 cm³/mol. The van der Waals surface area contributed by atoms with Crippen molar-refractivity contribution in [3.8, 4) is 0 Å². The van der Waals surface area contributed by atoms with E-state index in [-0.39, 0.29) is 17.7 Å². The zero-order valence-electron chi connectivity index (χ0n) is 25.0. The Bertz CT molecular complexity index is 1610. The molecule has 1 atom stereocenters. The highest BCUT2D eigenvalue weighted by molar-refractivity contribution is 6.19. The largest absolute Gasteiger partial charge is 0.449 e. The van der Waals surface area contributed by atoms with Gasteiger partial charge in [-0.3, -0.25) is 10.2 Å². The number of amidine groups is 1. The molecule has 0 saturated carbocycles. The van der Waals surface area contributed by atoms with Gasteiger partial charge < -0.3 is 29.8 Å². The van der Waals surface area contributed by atoms with Crippen molar-refractivity contribution in [3.63, 3.8) is 0 Å². The van der Waals surface area contributed by atoms with E-state index in [0.717, 1.165) is 22.2 Å². The van der Waals surface area contributed by atoms with E-state index < -0.39 is 12.1 Å². The third kappa shape index (κ3) is 6.92. The minimum Gasteiger partial charge on any atom is -0.449 e. The maximum Gasteiger partial charge on any atom is 0.291 e. The smallest absolute Gasteiger partial charge is 0.291 e. The van der Waals surface area contributed by atoms with Crippen LogP contribution in [0.1, 0.15) is 44.6 Å². The van der Waals surface area contributed by atoms with E-state index in [1.807, 2.05) is 107 Å². The maximum absolute atomic E-state index is 13.1. The molecule has 6 rings (SSSR count). The number of carbonyl (C=O) groups excluding carboxylic acids is 1. The van der Waals surface area contributed by atoms with Gasteiger partial charge in [0.1, 0.15) is 5.58 Å². The fourth-order valence-corrected chi connectivity index (χ4v) is 4.74. The Morgan fingerprint density at radius 3 is 2.37 bits per heavy atom. The van der Waals surface area contributed by atoms with E-state index in [1.54, 1.807) is 0 Å². The van der Waals surface area contributed by atoms with Crippen LogP contribution >= 0.6 is 0 Å². The average molecular weight is 583 g/mol. The molecule has 4 aromatic rings. The van der Waals surface area contributed by atoms with Gasteiger partial charge >= 0.3 is 0 Å². The number of hydrogen-bond acceptors (Lipinski definition) is 8. The summed E-state index contributed by atoms with van der Waals surface area (Å²) in [4.78, 5) is 24.1. The lowest BCUT2D eigenvalue weighted by Gasteiger charge is -2.28. The molecule has 3 heterocycles. The molecule has 0 aliphatic carbocycles. The lowest BCUT2D eigenvalue weighted by Crippen LogP contribution is -2.37. The van der Waals surface area contributed by atoms with Crippen LogP contribution in [0.3, 0.4) is 0 Å². The summed E-state index contributed by atoms with van der Waals surface area (Å²) in [7, 11) is 0. The molecule has 0 spiro atoms. The Labute approximate surface area is 251 Å². The topological polar surface area (TPSA) is 139 Å². The van der Waals surface area contributed by atoms with Gasteiger partial charge in [0.25, 0.3) is 17.8 Å². The molecular weight excluding hydrogens is 544 g/mol. The average Bonchev–Trinajstić information content (AvgIpc) is 3.40. The van der Waals surface area contributed by atoms with Gasteiger partial charge in [-0.25, -0.2) is 4.99 Å². The van der Waals surface area contributed by atoms with E-state index in [9.17, 15) is 4.79 Å². The first-order valence-corrected chi connectivity index (χ1v) is 14.6. The number of nitrogens with two attached hydrogens (primary N) is 1. The van der Waals surface area contributed by atoms with Crippen LogP contribution in [0.15, 0.2) is 93.3 Å². The van der Waals surface area contributed by atoms with Gasteiger partial charge in [0, 0.05) is 29.6 Å². The van der Waals surface area contributed by atoms with Crippen molar-refractivity contribution < 1.29 is 18.7 Å². The van der Waals surface area contributed by atoms with E-state index in [4.69, 9.17) is 25.0 Å². The highest BCUT2D eigenvalue weighted by Gasteiger charge is 2.28. The van der Waals surface area contributed by atoms with Gasteiger partial charge in [-0.05, 0) is 18.2 Å². The van der Waals surface area contributed by atoms with Gasteiger partial charge in [-0.2, -0.15) is 4.99 Å². The summed E-state index contributed by atoms with van der Waals surface area (Å²) in [5.74, 6) is -0.565. The summed E-state index contributed by atoms with van der Waals surface area (Å²) in [6.45, 7) is 10.4. The summed E-state index contributed by atoms with van der Waals surface area (Å²) in [5, 5.41) is 12.4. The van der Waals surface area contributed by atoms with E-state index in [2.05, 4.69) is 20.2 Å². The molecule has 0 bridgehead atoms. The molecular formula is C33H38N6O4. The molecule has 43 heavy (non-hydrogen) atoms. The zero-order valence-corrected chi connectivity index (χ0v) is 25.0. The molecule has 2 aliphatic rings. The molecule has 224 valence electrons. The highest BCUT2D eigenvalue weighted by Crippen LogP contribution is 2.35. The molecule has 10 heteroatoms. The zero-order chi connectivity index (χ0) is 30.8. The number of hydrogen-bond donors (Lipinski definition) is 3. The number of ether oxygens (including phenoxy) is 2. The number of benzene rings is 3. The number of benzodiazepines with no additional fused rings is 1. The van der Waals surface area contributed by atoms with Crippen molar-refractivity contribution in [1.82, 2.24) is 0 Å². The molecule has 0 radical (unpaired) electrons. The Balaban J connectivity index is 0.00000102. The fraction of sp³-hybridized carbons (Fsp3) is 0.273. The maximum atomic E-state index is 13.1. The van der Waals surface area contributed by atoms with Crippen molar-refractivity contribution in [2.75, 3.05) is 36.5 Å². The monoisotopic (exact) mass is 582 g/mol. The van der Waals surface area contributed by atoms with Gasteiger partial charge in [0.05, 0.1) is 30.3 Å². The van der Waals surface area contributed by atoms with Crippen LogP contribution in [0.25, 0.3) is 11.0 Å². The lowest BCUT2D eigenvalue weighted by molar-refractivity contribution is -0.117. The van der Waals surface area contributed by atoms with Crippen molar-refractivity contribution in [3.05, 3.63) is 95.7 Å². The van der Waals surface area contributed by atoms with Crippen molar-refractivity contribution in [2.24, 2.45) is 15.7 Å². The van der Waals surface area contributed by atoms with E-state index in [1.165, 1.54) is 0 Å². The second kappa shape index (κ2) is 14.8. The number of nitrogens with zero attached hydrogens (tertiary/aromatic N) is 3. The van der Waals surface area contributed by atoms with Crippen LogP contribution < -0.4 is 16.0 Å². The third-order valence-electron chi connectivity index (χ3n) is 6.53. The molecule has 10 nitrogen and oxygen atoms in total. The first-order chi connectivity index (χ1) is 21.1. The van der Waals surface area contributed by atoms with Crippen LogP contribution in [-0.4, -0.2) is 56.0 Å². The number of nitrogens with one attached hydrogen (secondary N) is 2. The molecule has 1 amide bonds. The summed E-state index contributed by atoms with van der Waals surface area (Å²) in [6, 6.07) is 24.1. The van der Waals surface area contributed by atoms with Crippen molar-refractivity contribution in [2.45, 2.75) is 33.9 Å². The standard InChI is InChI=1S/C29H26N6O4.2C2H6/c30-26(25-24(35-14-16-37-17-15-35)20-11-5-7-13-22(20)38-25)39-29(31)34-27-28(36)32-21-12-6-4-10-19(21)23(33-27)18-8-2-1-3-9-18;2*1-2/h1-13,27,30H,14-17H2,(H2,31,34)(H,32,36);2*1-2H3. The highest BCUT2D eigenvalue weighted by atomic mass is 16.5. The lowest BCUT2D eigenvalue weighted by atomic mass is 10.0. The van der Waals surface area contributed by atoms with Crippen LogP contribution in [-0.2, 0) is 14.3 Å². The summed E-state index contributed by atoms with van der Waals surface area (Å²) in [6.07, 6.45) is -1.23. The Morgan fingerprint density at radius 1 is 0.977 bits per heavy atom. The second-order valence-electron chi connectivity index (χ2n) is 9.03. The van der Waals surface area contributed by atoms with Gasteiger partial charge in [0.15, 0.2) is 0 Å². The number of amides is 1. The summed E-state index contributed by atoms with van der Waals surface area (Å²) >= 11 is 0. The molecule has 2 aliphatic heterocycles. The Kier molecular flexibility index (Phi) is 10.7. The van der Waals surface area contributed by atoms with Crippen molar-refractivity contribution >= 4 is 45.9 Å². The number of fused-ring (bicyclic) bond motifs is 2. The number of carbonyl (C=O) groups is 1. The number of furan rings is 1. The van der Waals surface area contributed by atoms with Gasteiger partial charge in [0.2, 0.25) is 11.9 Å². The number of anilines is 2. The molecule has 3 aromatic carbocycles. The molecule has 1 saturated heterocycles. The van der Waals surface area contributed by atoms with Crippen LogP contribution in [0.5, 0.6) is 0 Å². The molecule has 1 aromatic heterocycles. The first kappa shape index (κ1) is 31.0. The minimum atomic E-state index is -1.23. The van der Waals surface area contributed by atoms with Gasteiger partial charge in [-0.1, -0.05) is 88.4 Å². The molecule has 1 fully saturated rings. The third-order valence-corrected chi connectivity index (χ3v) is 6.53. The van der Waals surface area contributed by atoms with Gasteiger partial charge in [-0.15, -0.1) is 0 Å². The number of rotatable bonds is 4. The second-order valence-corrected chi connectivity index (χ2v) is 9.03. The minimum absolute atomic E-state index is 0.224. The van der Waals surface area contributed by atoms with E-state index >= 15 is 0 Å². The summed E-state index contributed by atoms with van der Waals surface area (Å²) in [5.41, 5.74) is 10.3. The number of morpholine rings is 1. The summed E-state index contributed by atoms with van der Waals surface area (Å²) < 4.78 is 17.1. The first-order valence-electron chi connectivity index (χ1n) is 14.6. The number of para-hydroxylation sites is 2. The Hall–Kier alpha value is -4.96. The predicted octanol–water partition coefficient (Wildman–Crippen LogP) is 5.79. The van der Waals surface area contributed by atoms with Crippen LogP contribution in [0, 0.1) is 5.41 Å². The quantitative estimate of drug-likeness (QED) is 0.206. The molecule has 4 N–H and O–H groups in total. The van der Waals surface area contributed by atoms with E-state index in [0.29, 0.717) is 43.3 Å². The van der Waals surface area contributed by atoms with Crippen LogP contribution in [0.2, 0.25) is 0 Å². The van der Waals surface area contributed by atoms with Crippen LogP contribution in [0.4, 0.5) is 11.4 Å². The normalized spacial score (nSPS) is 16.3. The number of aliphatic imine (C=N–C) groups is 2. The fourth-order valence-electron chi connectivity index (χ4n) is 4.74. The Morgan fingerprint density at radius 2 is 1.63 bits per heavy atom. The van der Waals surface area contributed by atoms with Crippen molar-refractivity contribution in [1.29, 1.82) is 5.41 Å². The SMILES string of the molecule is CC.CC.N=C(O/C(N)=N/C1N=C(c2ccccc2)c2ccccc2NC1=O)c1oc2ccccc2c1N1CCOCC1.